The van der Waals surface area contributed by atoms with Gasteiger partial charge in [-0.05, 0) is 50.2 Å². The Bertz CT molecular complexity index is 914. The fourth-order valence-electron chi connectivity index (χ4n) is 1.99. The summed E-state index contributed by atoms with van der Waals surface area (Å²) >= 11 is 5.77. The van der Waals surface area contributed by atoms with Gasteiger partial charge in [0.25, 0.3) is 0 Å². The van der Waals surface area contributed by atoms with Crippen molar-refractivity contribution in [1.82, 2.24) is 0 Å². The molecular weight excluding hydrogens is 360 g/mol. The van der Waals surface area contributed by atoms with E-state index in [0.29, 0.717) is 16.5 Å². The van der Waals surface area contributed by atoms with Crippen LogP contribution in [0.2, 0.25) is 5.02 Å². The van der Waals surface area contributed by atoms with Gasteiger partial charge >= 0.3 is 0 Å². The lowest BCUT2D eigenvalue weighted by Crippen LogP contribution is -2.06. The molecule has 0 spiro atoms. The highest BCUT2D eigenvalue weighted by atomic mass is 35.5. The Morgan fingerprint density at radius 1 is 1.24 bits per heavy atom. The molecule has 0 aliphatic rings. The molecule has 0 aliphatic heterocycles. The van der Waals surface area contributed by atoms with Gasteiger partial charge in [-0.15, -0.1) is 0 Å². The molecule has 25 heavy (non-hydrogen) atoms. The summed E-state index contributed by atoms with van der Waals surface area (Å²) in [6, 6.07) is 14.4. The highest BCUT2D eigenvalue weighted by molar-refractivity contribution is 7.95. The number of nitrogens with one attached hydrogen (secondary N) is 1. The number of nitrogens with zero attached hydrogens (tertiary/aromatic N) is 1. The lowest BCUT2D eigenvalue weighted by Gasteiger charge is -2.11. The van der Waals surface area contributed by atoms with Gasteiger partial charge in [0.1, 0.15) is 11.8 Å². The van der Waals surface area contributed by atoms with Gasteiger partial charge in [0.2, 0.25) is 9.84 Å². The minimum atomic E-state index is -3.92. The number of rotatable bonds is 6. The average Bonchev–Trinajstić information content (AvgIpc) is 2.55. The molecule has 0 saturated carbocycles. The van der Waals surface area contributed by atoms with Crippen LogP contribution in [0.15, 0.2) is 64.5 Å². The molecule has 2 rings (SSSR count). The Balaban J connectivity index is 2.26. The minimum absolute atomic E-state index is 0.00314. The van der Waals surface area contributed by atoms with Gasteiger partial charge in [-0.2, -0.15) is 5.26 Å². The van der Waals surface area contributed by atoms with Crippen LogP contribution in [0.4, 0.5) is 5.69 Å². The summed E-state index contributed by atoms with van der Waals surface area (Å²) in [5, 5.41) is 12.5. The third-order valence-corrected chi connectivity index (χ3v) is 5.03. The highest BCUT2D eigenvalue weighted by Crippen LogP contribution is 2.22. The first-order valence-corrected chi connectivity index (χ1v) is 9.33. The van der Waals surface area contributed by atoms with E-state index < -0.39 is 14.7 Å². The van der Waals surface area contributed by atoms with Gasteiger partial charge in [0, 0.05) is 23.0 Å². The van der Waals surface area contributed by atoms with Gasteiger partial charge in [0.15, 0.2) is 4.91 Å². The maximum atomic E-state index is 12.5. The normalized spacial score (nSPS) is 11.9. The molecule has 130 valence electrons. The van der Waals surface area contributed by atoms with Crippen molar-refractivity contribution in [3.63, 3.8) is 0 Å². The van der Waals surface area contributed by atoms with Crippen molar-refractivity contribution < 1.29 is 13.2 Å². The van der Waals surface area contributed by atoms with E-state index in [4.69, 9.17) is 16.3 Å². The molecule has 0 fully saturated rings. The Labute approximate surface area is 152 Å². The summed E-state index contributed by atoms with van der Waals surface area (Å²) in [4.78, 5) is -0.395. The van der Waals surface area contributed by atoms with Gasteiger partial charge in [-0.3, -0.25) is 0 Å². The number of nitriles is 1. The molecule has 0 atom stereocenters. The maximum absolute atomic E-state index is 12.5. The summed E-state index contributed by atoms with van der Waals surface area (Å²) < 4.78 is 30.6. The van der Waals surface area contributed by atoms with Crippen molar-refractivity contribution in [2.24, 2.45) is 0 Å². The van der Waals surface area contributed by atoms with Crippen LogP contribution >= 0.6 is 11.6 Å². The third-order valence-electron chi connectivity index (χ3n) is 3.10. The second-order valence-corrected chi connectivity index (χ2v) is 7.77. The van der Waals surface area contributed by atoms with Crippen molar-refractivity contribution in [1.29, 1.82) is 5.26 Å². The smallest absolute Gasteiger partial charge is 0.218 e. The van der Waals surface area contributed by atoms with Gasteiger partial charge < -0.3 is 10.1 Å². The molecule has 0 radical (unpaired) electrons. The van der Waals surface area contributed by atoms with Crippen LogP contribution in [0.25, 0.3) is 0 Å². The van der Waals surface area contributed by atoms with Crippen LogP contribution in [0.5, 0.6) is 5.75 Å². The summed E-state index contributed by atoms with van der Waals surface area (Å²) in [6.07, 6.45) is 1.18. The maximum Gasteiger partial charge on any atom is 0.218 e. The van der Waals surface area contributed by atoms with Gasteiger partial charge in [-0.25, -0.2) is 8.42 Å². The van der Waals surface area contributed by atoms with E-state index >= 15 is 0 Å². The molecule has 1 N–H and O–H groups in total. The van der Waals surface area contributed by atoms with Crippen LogP contribution in [-0.4, -0.2) is 14.5 Å². The zero-order chi connectivity index (χ0) is 18.4. The van der Waals surface area contributed by atoms with E-state index in [1.807, 2.05) is 13.8 Å². The zero-order valence-electron chi connectivity index (χ0n) is 13.7. The van der Waals surface area contributed by atoms with Crippen LogP contribution in [0.3, 0.4) is 0 Å². The Hall–Kier alpha value is -2.49. The molecule has 0 aliphatic carbocycles. The molecule has 2 aromatic carbocycles. The monoisotopic (exact) mass is 376 g/mol. The summed E-state index contributed by atoms with van der Waals surface area (Å²) in [5.41, 5.74) is 0.609. The first-order chi connectivity index (χ1) is 11.8. The summed E-state index contributed by atoms with van der Waals surface area (Å²) in [7, 11) is -3.92. The highest BCUT2D eigenvalue weighted by Gasteiger charge is 2.20. The molecule has 0 heterocycles. The fourth-order valence-corrected chi connectivity index (χ4v) is 3.20. The Morgan fingerprint density at radius 3 is 2.52 bits per heavy atom. The molecule has 2 aromatic rings. The average molecular weight is 377 g/mol. The van der Waals surface area contributed by atoms with E-state index in [0.717, 1.165) is 0 Å². The number of hydrogen-bond acceptors (Lipinski definition) is 5. The lowest BCUT2D eigenvalue weighted by molar-refractivity contribution is 0.242. The first-order valence-electron chi connectivity index (χ1n) is 7.47. The predicted molar refractivity (Wildman–Crippen MR) is 98.2 cm³/mol. The molecule has 0 bridgehead atoms. The van der Waals surface area contributed by atoms with E-state index in [1.165, 1.54) is 30.5 Å². The Kier molecular flexibility index (Phi) is 6.07. The number of benzene rings is 2. The second-order valence-electron chi connectivity index (χ2n) is 5.42. The number of sulfone groups is 1. The van der Waals surface area contributed by atoms with Crippen molar-refractivity contribution in [3.05, 3.63) is 64.7 Å². The van der Waals surface area contributed by atoms with Crippen LogP contribution in [0, 0.1) is 11.3 Å². The van der Waals surface area contributed by atoms with E-state index in [1.54, 1.807) is 30.3 Å². The summed E-state index contributed by atoms with van der Waals surface area (Å²) in [5.74, 6) is 0.646. The number of hydrogen-bond donors (Lipinski definition) is 1. The van der Waals surface area contributed by atoms with Crippen molar-refractivity contribution in [3.8, 4) is 11.8 Å². The van der Waals surface area contributed by atoms with Gasteiger partial charge in [0.05, 0.1) is 11.0 Å². The standard InChI is InChI=1S/C18H17ClN2O3S/c1-13(2)24-16-5-3-4-15(10-16)21-12-18(11-20)25(22,23)17-8-6-14(19)7-9-17/h3-10,12-13,21H,1-2H3/b18-12+. The number of halogens is 1. The van der Waals surface area contributed by atoms with Crippen molar-refractivity contribution >= 4 is 27.1 Å². The SMILES string of the molecule is CC(C)Oc1cccc(N/C=C(\C#N)S(=O)(=O)c2ccc(Cl)cc2)c1. The molecule has 5 nitrogen and oxygen atoms in total. The molecule has 7 heteroatoms. The topological polar surface area (TPSA) is 79.2 Å². The van der Waals surface area contributed by atoms with Crippen molar-refractivity contribution in [2.75, 3.05) is 5.32 Å². The van der Waals surface area contributed by atoms with Crippen LogP contribution in [0.1, 0.15) is 13.8 Å². The van der Waals surface area contributed by atoms with Crippen LogP contribution in [-0.2, 0) is 9.84 Å². The first kappa shape index (κ1) is 18.8. The number of ether oxygens (including phenoxy) is 1. The molecule has 0 saturated heterocycles. The van der Waals surface area contributed by atoms with E-state index in [-0.39, 0.29) is 11.0 Å². The van der Waals surface area contributed by atoms with E-state index in [9.17, 15) is 13.7 Å². The number of allylic oxidation sites excluding steroid dienone is 1. The second kappa shape index (κ2) is 8.06. The largest absolute Gasteiger partial charge is 0.491 e. The molecule has 0 unspecified atom stereocenters. The third kappa shape index (κ3) is 4.99. The number of anilines is 1. The molecular formula is C18H17ClN2O3S. The molecule has 0 aromatic heterocycles. The zero-order valence-corrected chi connectivity index (χ0v) is 15.3. The van der Waals surface area contributed by atoms with Gasteiger partial charge in [-0.1, -0.05) is 17.7 Å². The minimum Gasteiger partial charge on any atom is -0.491 e. The van der Waals surface area contributed by atoms with Crippen molar-refractivity contribution in [2.45, 2.75) is 24.8 Å². The quantitative estimate of drug-likeness (QED) is 0.757. The fraction of sp³-hybridized carbons (Fsp3) is 0.167. The van der Waals surface area contributed by atoms with E-state index in [2.05, 4.69) is 5.32 Å². The Morgan fingerprint density at radius 2 is 1.92 bits per heavy atom. The molecule has 0 amide bonds. The predicted octanol–water partition coefficient (Wildman–Crippen LogP) is 4.38. The lowest BCUT2D eigenvalue weighted by atomic mass is 10.3. The summed E-state index contributed by atoms with van der Waals surface area (Å²) in [6.45, 7) is 3.82. The van der Waals surface area contributed by atoms with Crippen LogP contribution < -0.4 is 10.1 Å².